The van der Waals surface area contributed by atoms with Gasteiger partial charge in [0.15, 0.2) is 0 Å². The Balaban J connectivity index is 3.03. The van der Waals surface area contributed by atoms with Crippen LogP contribution in [0.3, 0.4) is 0 Å². The minimum Gasteiger partial charge on any atom is -0.494 e. The molecule has 0 radical (unpaired) electrons. The molecule has 0 aromatic heterocycles. The first-order chi connectivity index (χ1) is 6.70. The first-order valence-corrected chi connectivity index (χ1v) is 4.50. The molecule has 0 heterocycles. The maximum atomic E-state index is 13.6. The third-order valence-electron chi connectivity index (χ3n) is 1.92. The molecule has 0 aliphatic carbocycles. The normalized spacial score (nSPS) is 9.93. The van der Waals surface area contributed by atoms with E-state index in [4.69, 9.17) is 10.5 Å². The third-order valence-corrected chi connectivity index (χ3v) is 1.92. The van der Waals surface area contributed by atoms with Crippen LogP contribution in [0.2, 0.25) is 0 Å². The van der Waals surface area contributed by atoms with Gasteiger partial charge >= 0.3 is 0 Å². The van der Waals surface area contributed by atoms with Crippen LogP contribution in [-0.4, -0.2) is 6.61 Å². The quantitative estimate of drug-likeness (QED) is 0.748. The maximum absolute atomic E-state index is 13.6. The van der Waals surface area contributed by atoms with Gasteiger partial charge in [-0.1, -0.05) is 18.7 Å². The van der Waals surface area contributed by atoms with Gasteiger partial charge in [0, 0.05) is 12.1 Å². The molecule has 1 aromatic rings. The number of hydrogen-bond donors (Lipinski definition) is 1. The summed E-state index contributed by atoms with van der Waals surface area (Å²) in [7, 11) is 0. The predicted octanol–water partition coefficient (Wildman–Crippen LogP) is 2.29. The van der Waals surface area contributed by atoms with Crippen LogP contribution in [0.4, 0.5) is 4.39 Å². The van der Waals surface area contributed by atoms with Gasteiger partial charge in [-0.3, -0.25) is 0 Å². The minimum atomic E-state index is -0.339. The van der Waals surface area contributed by atoms with E-state index in [-0.39, 0.29) is 12.4 Å². The number of nitrogens with two attached hydrogens (primary N) is 1. The Labute approximate surface area is 83.2 Å². The van der Waals surface area contributed by atoms with Crippen molar-refractivity contribution in [3.63, 3.8) is 0 Å². The molecule has 0 unspecified atom stereocenters. The Hall–Kier alpha value is -1.35. The number of ether oxygens (including phenoxy) is 1. The fraction of sp³-hybridized carbons (Fsp3) is 0.273. The Morgan fingerprint density at radius 2 is 2.29 bits per heavy atom. The van der Waals surface area contributed by atoms with E-state index in [9.17, 15) is 4.39 Å². The van der Waals surface area contributed by atoms with Crippen molar-refractivity contribution in [3.8, 4) is 0 Å². The number of rotatable bonds is 4. The molecule has 0 atom stereocenters. The first kappa shape index (κ1) is 10.7. The van der Waals surface area contributed by atoms with Gasteiger partial charge in [-0.25, -0.2) is 4.39 Å². The zero-order valence-electron chi connectivity index (χ0n) is 8.22. The van der Waals surface area contributed by atoms with E-state index in [1.807, 2.05) is 6.92 Å². The smallest absolute Gasteiger partial charge is 0.138 e. The first-order valence-electron chi connectivity index (χ1n) is 4.50. The molecule has 0 saturated heterocycles. The summed E-state index contributed by atoms with van der Waals surface area (Å²) in [5.74, 6) is 0.00810. The van der Waals surface area contributed by atoms with Gasteiger partial charge in [0.25, 0.3) is 0 Å². The molecule has 0 aliphatic rings. The molecular formula is C11H14FNO. The average Bonchev–Trinajstić information content (AvgIpc) is 2.18. The van der Waals surface area contributed by atoms with E-state index in [0.29, 0.717) is 23.5 Å². The van der Waals surface area contributed by atoms with Crippen molar-refractivity contribution in [1.29, 1.82) is 0 Å². The van der Waals surface area contributed by atoms with Crippen molar-refractivity contribution in [2.24, 2.45) is 5.73 Å². The largest absolute Gasteiger partial charge is 0.494 e. The summed E-state index contributed by atoms with van der Waals surface area (Å²) >= 11 is 0. The number of halogens is 1. The van der Waals surface area contributed by atoms with Crippen molar-refractivity contribution in [2.45, 2.75) is 13.5 Å². The minimum absolute atomic E-state index is 0.180. The Bertz CT molecular complexity index is 336. The van der Waals surface area contributed by atoms with E-state index in [0.717, 1.165) is 0 Å². The zero-order chi connectivity index (χ0) is 10.6. The SMILES string of the molecule is C=C(OCC)c1cccc(CN)c1F. The molecule has 14 heavy (non-hydrogen) atoms. The summed E-state index contributed by atoms with van der Waals surface area (Å²) in [6, 6.07) is 5.02. The monoisotopic (exact) mass is 195 g/mol. The van der Waals surface area contributed by atoms with Crippen molar-refractivity contribution in [2.75, 3.05) is 6.61 Å². The van der Waals surface area contributed by atoms with Crippen molar-refractivity contribution >= 4 is 5.76 Å². The van der Waals surface area contributed by atoms with Crippen LogP contribution in [-0.2, 0) is 11.3 Å². The van der Waals surface area contributed by atoms with E-state index < -0.39 is 0 Å². The van der Waals surface area contributed by atoms with Crippen molar-refractivity contribution in [1.82, 2.24) is 0 Å². The number of hydrogen-bond acceptors (Lipinski definition) is 2. The molecule has 0 saturated carbocycles. The van der Waals surface area contributed by atoms with Crippen LogP contribution >= 0.6 is 0 Å². The molecule has 0 spiro atoms. The molecule has 1 rings (SSSR count). The predicted molar refractivity (Wildman–Crippen MR) is 55.0 cm³/mol. The van der Waals surface area contributed by atoms with E-state index in [1.54, 1.807) is 18.2 Å². The van der Waals surface area contributed by atoms with Crippen LogP contribution < -0.4 is 5.73 Å². The van der Waals surface area contributed by atoms with Gasteiger partial charge in [0.1, 0.15) is 11.6 Å². The van der Waals surface area contributed by atoms with E-state index in [1.165, 1.54) is 0 Å². The van der Waals surface area contributed by atoms with E-state index >= 15 is 0 Å². The van der Waals surface area contributed by atoms with Gasteiger partial charge in [0.05, 0.1) is 12.2 Å². The molecule has 2 N–H and O–H groups in total. The van der Waals surface area contributed by atoms with Crippen molar-refractivity contribution in [3.05, 3.63) is 41.7 Å². The lowest BCUT2D eigenvalue weighted by Crippen LogP contribution is -2.03. The zero-order valence-corrected chi connectivity index (χ0v) is 8.22. The lowest BCUT2D eigenvalue weighted by Gasteiger charge is -2.09. The van der Waals surface area contributed by atoms with Crippen LogP contribution in [0, 0.1) is 5.82 Å². The molecule has 0 bridgehead atoms. The fourth-order valence-electron chi connectivity index (χ4n) is 1.20. The molecule has 0 amide bonds. The van der Waals surface area contributed by atoms with Crippen LogP contribution in [0.25, 0.3) is 5.76 Å². The topological polar surface area (TPSA) is 35.2 Å². The van der Waals surface area contributed by atoms with Crippen LogP contribution in [0.5, 0.6) is 0 Å². The molecule has 76 valence electrons. The standard InChI is InChI=1S/C11H14FNO/c1-3-14-8(2)10-6-4-5-9(7-13)11(10)12/h4-6H,2-3,7,13H2,1H3. The highest BCUT2D eigenvalue weighted by Crippen LogP contribution is 2.20. The highest BCUT2D eigenvalue weighted by molar-refractivity contribution is 5.58. The second-order valence-corrected chi connectivity index (χ2v) is 2.84. The molecule has 1 aromatic carbocycles. The summed E-state index contributed by atoms with van der Waals surface area (Å²) in [5.41, 5.74) is 6.24. The lowest BCUT2D eigenvalue weighted by molar-refractivity contribution is 0.297. The van der Waals surface area contributed by atoms with Gasteiger partial charge < -0.3 is 10.5 Å². The van der Waals surface area contributed by atoms with E-state index in [2.05, 4.69) is 6.58 Å². The van der Waals surface area contributed by atoms with Gasteiger partial charge in [-0.15, -0.1) is 0 Å². The highest BCUT2D eigenvalue weighted by atomic mass is 19.1. The number of benzene rings is 1. The molecular weight excluding hydrogens is 181 g/mol. The second kappa shape index (κ2) is 4.77. The molecule has 0 aliphatic heterocycles. The average molecular weight is 195 g/mol. The summed E-state index contributed by atoms with van der Waals surface area (Å²) in [5, 5.41) is 0. The molecule has 3 heteroatoms. The lowest BCUT2D eigenvalue weighted by atomic mass is 10.1. The Morgan fingerprint density at radius 3 is 2.86 bits per heavy atom. The van der Waals surface area contributed by atoms with Gasteiger partial charge in [-0.2, -0.15) is 0 Å². The summed E-state index contributed by atoms with van der Waals surface area (Å²) in [6.45, 7) is 6.13. The fourth-order valence-corrected chi connectivity index (χ4v) is 1.20. The summed E-state index contributed by atoms with van der Waals surface area (Å²) in [6.07, 6.45) is 0. The Morgan fingerprint density at radius 1 is 1.57 bits per heavy atom. The summed E-state index contributed by atoms with van der Waals surface area (Å²) in [4.78, 5) is 0. The van der Waals surface area contributed by atoms with Crippen molar-refractivity contribution < 1.29 is 9.13 Å². The summed E-state index contributed by atoms with van der Waals surface area (Å²) < 4.78 is 18.8. The maximum Gasteiger partial charge on any atom is 0.138 e. The Kier molecular flexibility index (Phi) is 3.65. The third kappa shape index (κ3) is 2.12. The molecule has 0 fully saturated rings. The second-order valence-electron chi connectivity index (χ2n) is 2.84. The molecule has 2 nitrogen and oxygen atoms in total. The van der Waals surface area contributed by atoms with Crippen LogP contribution in [0.1, 0.15) is 18.1 Å². The van der Waals surface area contributed by atoms with Crippen LogP contribution in [0.15, 0.2) is 24.8 Å². The van der Waals surface area contributed by atoms with Gasteiger partial charge in [0.2, 0.25) is 0 Å². The van der Waals surface area contributed by atoms with Gasteiger partial charge in [-0.05, 0) is 13.0 Å². The highest BCUT2D eigenvalue weighted by Gasteiger charge is 2.09.